The molecule has 0 unspecified atom stereocenters. The van der Waals surface area contributed by atoms with Gasteiger partial charge in [-0.15, -0.1) is 11.8 Å². The van der Waals surface area contributed by atoms with Crippen molar-refractivity contribution in [1.29, 1.82) is 0 Å². The number of aromatic nitrogens is 2. The van der Waals surface area contributed by atoms with Gasteiger partial charge in [0.2, 0.25) is 0 Å². The van der Waals surface area contributed by atoms with E-state index >= 15 is 0 Å². The van der Waals surface area contributed by atoms with Gasteiger partial charge in [0.05, 0.1) is 16.9 Å². The standard InChI is InChI=1S/C17H19N3S2/c1-2-8-19(9-3-1)13-21-10-7-15-11-14-12-18-16-5-4-6-17(22-15)20(14)16/h4-7,10-12H,1-3,8-9,13H2. The van der Waals surface area contributed by atoms with Crippen molar-refractivity contribution in [1.82, 2.24) is 14.3 Å². The van der Waals surface area contributed by atoms with Gasteiger partial charge in [0.25, 0.3) is 0 Å². The van der Waals surface area contributed by atoms with Gasteiger partial charge >= 0.3 is 0 Å². The monoisotopic (exact) mass is 329 g/mol. The summed E-state index contributed by atoms with van der Waals surface area (Å²) in [6, 6.07) is 6.29. The van der Waals surface area contributed by atoms with E-state index in [-0.39, 0.29) is 0 Å². The fourth-order valence-electron chi connectivity index (χ4n) is 2.94. The summed E-state index contributed by atoms with van der Waals surface area (Å²) in [6.07, 6.45) is 10.5. The molecule has 0 radical (unpaired) electrons. The Hall–Kier alpha value is -1.17. The number of allylic oxidation sites excluding steroid dienone is 1. The van der Waals surface area contributed by atoms with Crippen LogP contribution in [0.5, 0.6) is 0 Å². The molecule has 5 heteroatoms. The molecule has 0 spiro atoms. The highest BCUT2D eigenvalue weighted by atomic mass is 32.2. The van der Waals surface area contributed by atoms with Crippen LogP contribution in [0.1, 0.15) is 25.0 Å². The minimum atomic E-state index is 1.03. The molecule has 2 aliphatic heterocycles. The van der Waals surface area contributed by atoms with Crippen LogP contribution in [0.15, 0.2) is 45.8 Å². The first kappa shape index (κ1) is 14.4. The number of hydrogen-bond acceptors (Lipinski definition) is 4. The van der Waals surface area contributed by atoms with Crippen molar-refractivity contribution in [2.45, 2.75) is 24.3 Å². The lowest BCUT2D eigenvalue weighted by Crippen LogP contribution is -2.28. The molecule has 0 N–H and O–H groups in total. The summed E-state index contributed by atoms with van der Waals surface area (Å²) in [4.78, 5) is 8.29. The Labute approximate surface area is 139 Å². The van der Waals surface area contributed by atoms with Gasteiger partial charge in [-0.05, 0) is 55.6 Å². The van der Waals surface area contributed by atoms with Crippen LogP contribution in [0.3, 0.4) is 0 Å². The smallest absolute Gasteiger partial charge is 0.138 e. The van der Waals surface area contributed by atoms with Crippen molar-refractivity contribution in [3.05, 3.63) is 46.5 Å². The Kier molecular flexibility index (Phi) is 4.28. The van der Waals surface area contributed by atoms with E-state index in [1.807, 2.05) is 29.7 Å². The van der Waals surface area contributed by atoms with Gasteiger partial charge in [0.15, 0.2) is 0 Å². The largest absolute Gasteiger partial charge is 0.294 e. The molecule has 22 heavy (non-hydrogen) atoms. The van der Waals surface area contributed by atoms with Gasteiger partial charge in [-0.1, -0.05) is 24.2 Å². The quantitative estimate of drug-likeness (QED) is 0.824. The third-order valence-corrected chi connectivity index (χ3v) is 5.93. The molecule has 4 heterocycles. The Morgan fingerprint density at radius 1 is 1.23 bits per heavy atom. The first-order valence-electron chi connectivity index (χ1n) is 7.77. The molecule has 0 saturated carbocycles. The Bertz CT molecular complexity index is 727. The van der Waals surface area contributed by atoms with E-state index in [4.69, 9.17) is 0 Å². The molecule has 2 aliphatic rings. The van der Waals surface area contributed by atoms with Gasteiger partial charge < -0.3 is 0 Å². The molecule has 2 aromatic heterocycles. The maximum absolute atomic E-state index is 4.45. The zero-order valence-electron chi connectivity index (χ0n) is 12.4. The van der Waals surface area contributed by atoms with Crippen LogP contribution in [0.2, 0.25) is 0 Å². The molecule has 0 bridgehead atoms. The first-order chi connectivity index (χ1) is 10.9. The van der Waals surface area contributed by atoms with E-state index < -0.39 is 0 Å². The van der Waals surface area contributed by atoms with Crippen molar-refractivity contribution in [3.63, 3.8) is 0 Å². The van der Waals surface area contributed by atoms with Gasteiger partial charge in [0, 0.05) is 10.8 Å². The number of hydrogen-bond donors (Lipinski definition) is 0. The number of likely N-dealkylation sites (tertiary alicyclic amines) is 1. The molecule has 4 rings (SSSR count). The summed E-state index contributed by atoms with van der Waals surface area (Å²) in [7, 11) is 0. The Balaban J connectivity index is 1.41. The zero-order chi connectivity index (χ0) is 14.8. The molecule has 1 fully saturated rings. The van der Waals surface area contributed by atoms with Crippen LogP contribution in [-0.2, 0) is 0 Å². The Morgan fingerprint density at radius 2 is 2.14 bits per heavy atom. The number of rotatable bonds is 4. The molecule has 114 valence electrons. The average molecular weight is 329 g/mol. The third-order valence-electron chi connectivity index (χ3n) is 4.07. The fraction of sp³-hybridized carbons (Fsp3) is 0.353. The van der Waals surface area contributed by atoms with Crippen molar-refractivity contribution in [3.8, 4) is 0 Å². The molecule has 0 amide bonds. The van der Waals surface area contributed by atoms with Gasteiger partial charge in [-0.25, -0.2) is 4.98 Å². The van der Waals surface area contributed by atoms with Crippen LogP contribution in [-0.4, -0.2) is 33.3 Å². The SMILES string of the molecule is C(=CC1=Cc2cnc3cccc(n23)S1)SCN1CCCCC1. The summed E-state index contributed by atoms with van der Waals surface area (Å²) in [6.45, 7) is 2.53. The second-order valence-electron chi connectivity index (χ2n) is 5.67. The maximum atomic E-state index is 4.45. The number of thioether (sulfide) groups is 2. The topological polar surface area (TPSA) is 20.5 Å². The minimum absolute atomic E-state index is 1.03. The van der Waals surface area contributed by atoms with Gasteiger partial charge in [-0.2, -0.15) is 0 Å². The summed E-state index contributed by atoms with van der Waals surface area (Å²) < 4.78 is 2.21. The minimum Gasteiger partial charge on any atom is -0.294 e. The normalized spacial score (nSPS) is 19.0. The van der Waals surface area contributed by atoms with Crippen molar-refractivity contribution in [2.75, 3.05) is 19.0 Å². The number of piperidine rings is 1. The van der Waals surface area contributed by atoms with Crippen LogP contribution in [0.4, 0.5) is 0 Å². The van der Waals surface area contributed by atoms with E-state index in [0.717, 1.165) is 11.5 Å². The van der Waals surface area contributed by atoms with Crippen molar-refractivity contribution < 1.29 is 0 Å². The molecule has 0 aliphatic carbocycles. The van der Waals surface area contributed by atoms with Crippen LogP contribution < -0.4 is 0 Å². The molecule has 3 nitrogen and oxygen atoms in total. The Morgan fingerprint density at radius 3 is 3.05 bits per heavy atom. The highest BCUT2D eigenvalue weighted by molar-refractivity contribution is 8.04. The molecule has 1 saturated heterocycles. The molecular weight excluding hydrogens is 310 g/mol. The van der Waals surface area contributed by atoms with E-state index in [2.05, 4.69) is 50.0 Å². The van der Waals surface area contributed by atoms with Crippen molar-refractivity contribution in [2.24, 2.45) is 0 Å². The molecular formula is C17H19N3S2. The van der Waals surface area contributed by atoms with Crippen LogP contribution in [0, 0.1) is 0 Å². The maximum Gasteiger partial charge on any atom is 0.138 e. The second kappa shape index (κ2) is 6.52. The van der Waals surface area contributed by atoms with E-state index in [1.54, 1.807) is 0 Å². The number of imidazole rings is 1. The average Bonchev–Trinajstić information content (AvgIpc) is 2.98. The summed E-state index contributed by atoms with van der Waals surface area (Å²) >= 11 is 3.71. The van der Waals surface area contributed by atoms with Gasteiger partial charge in [-0.3, -0.25) is 9.30 Å². The lowest BCUT2D eigenvalue weighted by atomic mass is 10.1. The predicted molar refractivity (Wildman–Crippen MR) is 96.0 cm³/mol. The lowest BCUT2D eigenvalue weighted by molar-refractivity contribution is 0.266. The second-order valence-corrected chi connectivity index (χ2v) is 7.62. The van der Waals surface area contributed by atoms with Gasteiger partial charge in [0.1, 0.15) is 5.65 Å². The molecule has 0 atom stereocenters. The van der Waals surface area contributed by atoms with E-state index in [0.29, 0.717) is 0 Å². The predicted octanol–water partition coefficient (Wildman–Crippen LogP) is 4.47. The zero-order valence-corrected chi connectivity index (χ0v) is 14.1. The van der Waals surface area contributed by atoms with E-state index in [9.17, 15) is 0 Å². The highest BCUT2D eigenvalue weighted by Crippen LogP contribution is 2.35. The van der Waals surface area contributed by atoms with E-state index in [1.165, 1.54) is 48.0 Å². The lowest BCUT2D eigenvalue weighted by Gasteiger charge is -2.25. The third kappa shape index (κ3) is 2.98. The summed E-state index contributed by atoms with van der Waals surface area (Å²) in [5.74, 6) is 1.11. The fourth-order valence-corrected chi connectivity index (χ4v) is 4.82. The highest BCUT2D eigenvalue weighted by Gasteiger charge is 2.13. The first-order valence-corrected chi connectivity index (χ1v) is 9.63. The van der Waals surface area contributed by atoms with Crippen LogP contribution in [0.25, 0.3) is 11.7 Å². The van der Waals surface area contributed by atoms with Crippen LogP contribution >= 0.6 is 23.5 Å². The molecule has 2 aromatic rings. The number of pyridine rings is 1. The number of nitrogens with zero attached hydrogens (tertiary/aromatic N) is 3. The van der Waals surface area contributed by atoms with Crippen molar-refractivity contribution >= 4 is 35.2 Å². The summed E-state index contributed by atoms with van der Waals surface area (Å²) in [5.41, 5.74) is 2.20. The molecule has 0 aromatic carbocycles. The summed E-state index contributed by atoms with van der Waals surface area (Å²) in [5, 5.41) is 3.48.